The molecule has 0 bridgehead atoms. The lowest BCUT2D eigenvalue weighted by Gasteiger charge is -2.12. The van der Waals surface area contributed by atoms with Gasteiger partial charge in [-0.2, -0.15) is 0 Å². The molecule has 2 N–H and O–H groups in total. The number of anilines is 2. The highest BCUT2D eigenvalue weighted by atomic mass is 19.1. The van der Waals surface area contributed by atoms with Gasteiger partial charge in [0, 0.05) is 36.5 Å². The third-order valence-electron chi connectivity index (χ3n) is 3.95. The molecule has 0 saturated heterocycles. The molecule has 1 amide bonds. The highest BCUT2D eigenvalue weighted by Gasteiger charge is 2.13. The van der Waals surface area contributed by atoms with Gasteiger partial charge in [-0.25, -0.2) is 14.2 Å². The van der Waals surface area contributed by atoms with E-state index in [1.807, 2.05) is 12.1 Å². The molecule has 0 atom stereocenters. The summed E-state index contributed by atoms with van der Waals surface area (Å²) in [6.07, 6.45) is 2.63. The number of carbonyl (C=O) groups is 1. The Morgan fingerprint density at radius 3 is 2.67 bits per heavy atom. The van der Waals surface area contributed by atoms with Gasteiger partial charge in [-0.15, -0.1) is 0 Å². The number of hydrogen-bond donors (Lipinski definition) is 2. The number of carbonyl (C=O) groups excluding carboxylic acids is 1. The fraction of sp³-hybridized carbons (Fsp3) is 0.150. The number of hydrogen-bond acceptors (Lipinski definition) is 5. The number of halogens is 1. The number of nitrogens with zero attached hydrogens (tertiary/aromatic N) is 2. The molecule has 2 heterocycles. The number of aromatic nitrogens is 2. The minimum absolute atomic E-state index is 0.0191. The largest absolute Gasteiger partial charge is 0.416 e. The first kappa shape index (κ1) is 18.3. The minimum Gasteiger partial charge on any atom is -0.416 e. The summed E-state index contributed by atoms with van der Waals surface area (Å²) in [5.74, 6) is 0.389. The standard InChI is InChI=1S/C20H19FN4O2/c1-11(2)27-20(26)25-18-7-15(12(3)5-16(18)21)13-6-14-10-24-19(22-4)8-17(14)23-9-13/h5-10H,1H2,2-4H3,(H,22,24)(H,25,26). The van der Waals surface area contributed by atoms with Crippen LogP contribution >= 0.6 is 0 Å². The second-order valence-corrected chi connectivity index (χ2v) is 6.10. The Kier molecular flexibility index (Phi) is 5.03. The summed E-state index contributed by atoms with van der Waals surface area (Å²) >= 11 is 0. The van der Waals surface area contributed by atoms with Crippen molar-refractivity contribution in [2.75, 3.05) is 17.7 Å². The molecule has 2 aromatic heterocycles. The Hall–Kier alpha value is -3.48. The monoisotopic (exact) mass is 366 g/mol. The van der Waals surface area contributed by atoms with E-state index in [-0.39, 0.29) is 11.4 Å². The average Bonchev–Trinajstić information content (AvgIpc) is 2.62. The van der Waals surface area contributed by atoms with Crippen molar-refractivity contribution in [1.82, 2.24) is 9.97 Å². The first-order valence-electron chi connectivity index (χ1n) is 8.26. The molecule has 138 valence electrons. The van der Waals surface area contributed by atoms with E-state index < -0.39 is 11.9 Å². The zero-order valence-corrected chi connectivity index (χ0v) is 15.3. The van der Waals surface area contributed by atoms with Gasteiger partial charge in [0.2, 0.25) is 0 Å². The molecule has 0 spiro atoms. The second kappa shape index (κ2) is 7.41. The van der Waals surface area contributed by atoms with Crippen LogP contribution in [0.15, 0.2) is 49.0 Å². The minimum atomic E-state index is -0.795. The summed E-state index contributed by atoms with van der Waals surface area (Å²) in [6, 6.07) is 6.68. The third kappa shape index (κ3) is 4.03. The van der Waals surface area contributed by atoms with Gasteiger partial charge in [0.15, 0.2) is 0 Å². The molecule has 0 saturated carbocycles. The van der Waals surface area contributed by atoms with E-state index in [0.717, 1.165) is 27.8 Å². The van der Waals surface area contributed by atoms with Crippen molar-refractivity contribution in [1.29, 1.82) is 0 Å². The van der Waals surface area contributed by atoms with Crippen molar-refractivity contribution < 1.29 is 13.9 Å². The van der Waals surface area contributed by atoms with Crippen LogP contribution in [0.3, 0.4) is 0 Å². The van der Waals surface area contributed by atoms with Gasteiger partial charge in [-0.05, 0) is 43.2 Å². The number of fused-ring (bicyclic) bond motifs is 1. The lowest BCUT2D eigenvalue weighted by molar-refractivity contribution is 0.192. The van der Waals surface area contributed by atoms with Gasteiger partial charge in [0.1, 0.15) is 11.6 Å². The highest BCUT2D eigenvalue weighted by Crippen LogP contribution is 2.30. The van der Waals surface area contributed by atoms with Crippen LogP contribution in [0.2, 0.25) is 0 Å². The summed E-state index contributed by atoms with van der Waals surface area (Å²) in [4.78, 5) is 20.5. The van der Waals surface area contributed by atoms with Gasteiger partial charge in [0.25, 0.3) is 0 Å². The fourth-order valence-corrected chi connectivity index (χ4v) is 2.68. The smallest absolute Gasteiger partial charge is 0.416 e. The van der Waals surface area contributed by atoms with E-state index in [1.54, 1.807) is 32.4 Å². The Labute approximate surface area is 156 Å². The van der Waals surface area contributed by atoms with Crippen LogP contribution in [0.5, 0.6) is 0 Å². The van der Waals surface area contributed by atoms with Crippen molar-refractivity contribution in [3.05, 3.63) is 60.4 Å². The van der Waals surface area contributed by atoms with Gasteiger partial charge >= 0.3 is 6.09 Å². The lowest BCUT2D eigenvalue weighted by atomic mass is 10.00. The van der Waals surface area contributed by atoms with Gasteiger partial charge in [-0.1, -0.05) is 6.58 Å². The number of amides is 1. The van der Waals surface area contributed by atoms with Crippen molar-refractivity contribution in [2.24, 2.45) is 0 Å². The zero-order chi connectivity index (χ0) is 19.6. The molecule has 3 rings (SSSR count). The van der Waals surface area contributed by atoms with Gasteiger partial charge in [0.05, 0.1) is 17.0 Å². The van der Waals surface area contributed by atoms with Gasteiger partial charge < -0.3 is 10.1 Å². The van der Waals surface area contributed by atoms with Crippen molar-refractivity contribution >= 4 is 28.5 Å². The summed E-state index contributed by atoms with van der Waals surface area (Å²) in [6.45, 7) is 6.81. The molecule has 0 aliphatic carbocycles. The quantitative estimate of drug-likeness (QED) is 0.645. The fourth-order valence-electron chi connectivity index (χ4n) is 2.68. The molecule has 3 aromatic rings. The molecule has 0 aliphatic rings. The summed E-state index contributed by atoms with van der Waals surface area (Å²) in [5, 5.41) is 6.22. The molecule has 1 aromatic carbocycles. The number of benzene rings is 1. The highest BCUT2D eigenvalue weighted by molar-refractivity contribution is 5.89. The van der Waals surface area contributed by atoms with Crippen LogP contribution in [-0.4, -0.2) is 23.1 Å². The Morgan fingerprint density at radius 1 is 1.19 bits per heavy atom. The first-order valence-corrected chi connectivity index (χ1v) is 8.26. The van der Waals surface area contributed by atoms with E-state index in [9.17, 15) is 9.18 Å². The predicted octanol–water partition coefficient (Wildman–Crippen LogP) is 4.87. The molecular formula is C20H19FN4O2. The topological polar surface area (TPSA) is 76.1 Å². The normalized spacial score (nSPS) is 10.5. The van der Waals surface area contributed by atoms with Crippen LogP contribution in [0.4, 0.5) is 20.7 Å². The number of allylic oxidation sites excluding steroid dienone is 1. The number of aryl methyl sites for hydroxylation is 1. The average molecular weight is 366 g/mol. The van der Waals surface area contributed by atoms with Crippen molar-refractivity contribution in [2.45, 2.75) is 13.8 Å². The first-order chi connectivity index (χ1) is 12.9. The number of nitrogens with one attached hydrogen (secondary N) is 2. The third-order valence-corrected chi connectivity index (χ3v) is 3.95. The van der Waals surface area contributed by atoms with Crippen LogP contribution in [0.1, 0.15) is 12.5 Å². The van der Waals surface area contributed by atoms with E-state index >= 15 is 0 Å². The maximum atomic E-state index is 14.3. The zero-order valence-electron chi connectivity index (χ0n) is 15.3. The molecule has 6 nitrogen and oxygen atoms in total. The van der Waals surface area contributed by atoms with Gasteiger partial charge in [-0.3, -0.25) is 10.3 Å². The Bertz CT molecular complexity index is 1050. The van der Waals surface area contributed by atoms with Crippen LogP contribution in [0.25, 0.3) is 22.0 Å². The number of pyridine rings is 2. The van der Waals surface area contributed by atoms with E-state index in [2.05, 4.69) is 27.2 Å². The summed E-state index contributed by atoms with van der Waals surface area (Å²) in [7, 11) is 1.79. The summed E-state index contributed by atoms with van der Waals surface area (Å²) < 4.78 is 19.1. The van der Waals surface area contributed by atoms with Crippen LogP contribution < -0.4 is 10.6 Å². The molecule has 27 heavy (non-hydrogen) atoms. The Morgan fingerprint density at radius 2 is 1.96 bits per heavy atom. The van der Waals surface area contributed by atoms with E-state index in [0.29, 0.717) is 5.56 Å². The number of ether oxygens (including phenoxy) is 1. The maximum Gasteiger partial charge on any atom is 0.416 e. The maximum absolute atomic E-state index is 14.3. The van der Waals surface area contributed by atoms with Crippen LogP contribution in [-0.2, 0) is 4.74 Å². The predicted molar refractivity (Wildman–Crippen MR) is 104 cm³/mol. The van der Waals surface area contributed by atoms with Crippen molar-refractivity contribution in [3.63, 3.8) is 0 Å². The van der Waals surface area contributed by atoms with Crippen molar-refractivity contribution in [3.8, 4) is 11.1 Å². The Balaban J connectivity index is 2.00. The SMILES string of the molecule is C=C(C)OC(=O)Nc1cc(-c2cnc3cc(NC)ncc3c2)c(C)cc1F. The van der Waals surface area contributed by atoms with E-state index in [4.69, 9.17) is 4.74 Å². The molecule has 0 unspecified atom stereocenters. The molecule has 7 heteroatoms. The number of rotatable bonds is 4. The molecule has 0 aliphatic heterocycles. The van der Waals surface area contributed by atoms with E-state index in [1.165, 1.54) is 13.0 Å². The second-order valence-electron chi connectivity index (χ2n) is 6.10. The van der Waals surface area contributed by atoms with Crippen LogP contribution in [0, 0.1) is 12.7 Å². The molecule has 0 fully saturated rings. The summed E-state index contributed by atoms with van der Waals surface area (Å²) in [5.41, 5.74) is 3.06. The molecular weight excluding hydrogens is 347 g/mol. The lowest BCUT2D eigenvalue weighted by Crippen LogP contribution is -2.13. The molecule has 0 radical (unpaired) electrons.